The number of nitrogens with zero attached hydrogens (tertiary/aromatic N) is 2. The molecule has 2 aromatic rings. The van der Waals surface area contributed by atoms with Crippen LogP contribution >= 0.6 is 11.3 Å². The first-order valence-corrected chi connectivity index (χ1v) is 7.35. The van der Waals surface area contributed by atoms with Gasteiger partial charge in [0, 0.05) is 0 Å². The molecule has 112 valence electrons. The Balaban J connectivity index is 2.12. The average Bonchev–Trinajstić information content (AvgIpc) is 2.90. The van der Waals surface area contributed by atoms with Crippen molar-refractivity contribution in [1.29, 1.82) is 0 Å². The van der Waals surface area contributed by atoms with E-state index in [1.807, 2.05) is 6.92 Å². The molecule has 0 saturated carbocycles. The van der Waals surface area contributed by atoms with E-state index in [9.17, 15) is 14.4 Å². The number of nitrogens with one attached hydrogen (secondary N) is 1. The van der Waals surface area contributed by atoms with E-state index in [1.165, 1.54) is 22.2 Å². The van der Waals surface area contributed by atoms with Crippen LogP contribution in [0.3, 0.4) is 0 Å². The molecule has 0 spiro atoms. The minimum atomic E-state index is -1.08. The highest BCUT2D eigenvalue weighted by atomic mass is 32.1. The van der Waals surface area contributed by atoms with Gasteiger partial charge >= 0.3 is 5.97 Å². The van der Waals surface area contributed by atoms with Gasteiger partial charge in [-0.05, 0) is 17.9 Å². The fourth-order valence-electron chi connectivity index (χ4n) is 1.95. The van der Waals surface area contributed by atoms with Gasteiger partial charge in [0.1, 0.15) is 17.4 Å². The second-order valence-corrected chi connectivity index (χ2v) is 5.46. The molecule has 1 amide bonds. The molecule has 0 aliphatic heterocycles. The van der Waals surface area contributed by atoms with Crippen LogP contribution in [0.15, 0.2) is 22.6 Å². The summed E-state index contributed by atoms with van der Waals surface area (Å²) in [6, 6.07) is 0.719. The maximum absolute atomic E-state index is 12.1. The number of fused-ring (bicyclic) bond motifs is 1. The number of carbonyl (C=O) groups is 2. The minimum Gasteiger partial charge on any atom is -0.480 e. The van der Waals surface area contributed by atoms with E-state index in [-0.39, 0.29) is 12.1 Å². The quantitative estimate of drug-likeness (QED) is 0.823. The van der Waals surface area contributed by atoms with Crippen molar-refractivity contribution >= 4 is 33.4 Å². The summed E-state index contributed by atoms with van der Waals surface area (Å²) in [7, 11) is 0. The number of aliphatic carboxylic acids is 1. The number of carboxylic acids is 1. The third-order valence-electron chi connectivity index (χ3n) is 2.98. The van der Waals surface area contributed by atoms with Crippen LogP contribution in [0, 0.1) is 0 Å². The number of hydrogen-bond acceptors (Lipinski definition) is 5. The van der Waals surface area contributed by atoms with Gasteiger partial charge < -0.3 is 10.4 Å². The monoisotopic (exact) mass is 309 g/mol. The predicted molar refractivity (Wildman–Crippen MR) is 78.4 cm³/mol. The molecule has 2 rings (SSSR count). The maximum atomic E-state index is 12.1. The lowest BCUT2D eigenvalue weighted by Gasteiger charge is -2.13. The zero-order chi connectivity index (χ0) is 15.4. The predicted octanol–water partition coefficient (Wildman–Crippen LogP) is 0.827. The van der Waals surface area contributed by atoms with Crippen molar-refractivity contribution in [2.24, 2.45) is 0 Å². The Morgan fingerprint density at radius 3 is 2.95 bits per heavy atom. The zero-order valence-electron chi connectivity index (χ0n) is 11.4. The summed E-state index contributed by atoms with van der Waals surface area (Å²) < 4.78 is 1.18. The molecule has 0 radical (unpaired) electrons. The van der Waals surface area contributed by atoms with Crippen LogP contribution in [0.2, 0.25) is 0 Å². The average molecular weight is 309 g/mol. The second kappa shape index (κ2) is 6.49. The van der Waals surface area contributed by atoms with Crippen molar-refractivity contribution in [2.75, 3.05) is 0 Å². The van der Waals surface area contributed by atoms with E-state index in [0.29, 0.717) is 23.1 Å². The van der Waals surface area contributed by atoms with Gasteiger partial charge in [0.15, 0.2) is 0 Å². The van der Waals surface area contributed by atoms with E-state index in [1.54, 1.807) is 11.4 Å². The molecule has 21 heavy (non-hydrogen) atoms. The second-order valence-electron chi connectivity index (χ2n) is 4.56. The molecule has 0 aliphatic carbocycles. The van der Waals surface area contributed by atoms with Crippen LogP contribution in [0.4, 0.5) is 0 Å². The first kappa shape index (κ1) is 15.2. The van der Waals surface area contributed by atoms with Crippen LogP contribution in [0.1, 0.15) is 19.8 Å². The van der Waals surface area contributed by atoms with E-state index < -0.39 is 17.9 Å². The summed E-state index contributed by atoms with van der Waals surface area (Å²) in [6.45, 7) is 1.59. The zero-order valence-corrected chi connectivity index (χ0v) is 12.2. The molecule has 2 heterocycles. The van der Waals surface area contributed by atoms with Gasteiger partial charge in [0.25, 0.3) is 5.56 Å². The van der Waals surface area contributed by atoms with Gasteiger partial charge in [0.05, 0.1) is 11.7 Å². The highest BCUT2D eigenvalue weighted by Crippen LogP contribution is 2.13. The normalized spacial score (nSPS) is 12.2. The van der Waals surface area contributed by atoms with Crippen molar-refractivity contribution in [3.63, 3.8) is 0 Å². The van der Waals surface area contributed by atoms with Gasteiger partial charge in [-0.15, -0.1) is 11.3 Å². The highest BCUT2D eigenvalue weighted by Gasteiger charge is 2.19. The molecular formula is C13H15N3O4S. The first-order valence-electron chi connectivity index (χ1n) is 6.47. The van der Waals surface area contributed by atoms with Gasteiger partial charge in [-0.2, -0.15) is 0 Å². The number of amides is 1. The Kier molecular flexibility index (Phi) is 4.69. The summed E-state index contributed by atoms with van der Waals surface area (Å²) in [5.41, 5.74) is -0.307. The number of hydrogen-bond donors (Lipinski definition) is 2. The number of thiophene rings is 1. The molecular weight excluding hydrogens is 294 g/mol. The van der Waals surface area contributed by atoms with Crippen molar-refractivity contribution in [2.45, 2.75) is 32.4 Å². The molecule has 1 atom stereocenters. The maximum Gasteiger partial charge on any atom is 0.326 e. The minimum absolute atomic E-state index is 0.245. The Hall–Kier alpha value is -2.22. The fourth-order valence-corrected chi connectivity index (χ4v) is 2.67. The third kappa shape index (κ3) is 3.46. The lowest BCUT2D eigenvalue weighted by Crippen LogP contribution is -2.43. The van der Waals surface area contributed by atoms with Gasteiger partial charge in [-0.1, -0.05) is 13.3 Å². The van der Waals surface area contributed by atoms with Crippen molar-refractivity contribution < 1.29 is 14.7 Å². The number of aromatic nitrogens is 2. The van der Waals surface area contributed by atoms with Crippen molar-refractivity contribution in [3.05, 3.63) is 28.1 Å². The summed E-state index contributed by atoms with van der Waals surface area (Å²) in [4.78, 5) is 39.7. The van der Waals surface area contributed by atoms with E-state index in [4.69, 9.17) is 5.11 Å². The summed E-state index contributed by atoms with van der Waals surface area (Å²) >= 11 is 1.35. The lowest BCUT2D eigenvalue weighted by atomic mass is 10.1. The molecule has 0 fully saturated rings. The molecule has 2 N–H and O–H groups in total. The van der Waals surface area contributed by atoms with Crippen LogP contribution in [-0.2, 0) is 16.1 Å². The van der Waals surface area contributed by atoms with Gasteiger partial charge in [-0.25, -0.2) is 9.78 Å². The summed E-state index contributed by atoms with van der Waals surface area (Å²) in [5, 5.41) is 13.6. The Bertz CT molecular complexity index is 722. The van der Waals surface area contributed by atoms with Crippen LogP contribution in [0.5, 0.6) is 0 Å². The van der Waals surface area contributed by atoms with E-state index in [0.717, 1.165) is 0 Å². The van der Waals surface area contributed by atoms with Crippen LogP contribution in [0.25, 0.3) is 10.2 Å². The molecule has 8 heteroatoms. The lowest BCUT2D eigenvalue weighted by molar-refractivity contribution is -0.142. The largest absolute Gasteiger partial charge is 0.480 e. The van der Waals surface area contributed by atoms with Crippen molar-refractivity contribution in [1.82, 2.24) is 14.9 Å². The standard InChI is InChI=1S/C13H15N3O4S/c1-2-3-9(13(19)20)15-10(17)6-16-7-14-11-8(12(16)18)4-5-21-11/h4-5,7,9H,2-3,6H2,1H3,(H,15,17)(H,19,20). The summed E-state index contributed by atoms with van der Waals surface area (Å²) in [5.74, 6) is -1.60. The number of carboxylic acid groups (broad SMARTS) is 1. The number of carbonyl (C=O) groups excluding carboxylic acids is 1. The third-order valence-corrected chi connectivity index (χ3v) is 3.80. The molecule has 7 nitrogen and oxygen atoms in total. The SMILES string of the molecule is CCCC(NC(=O)Cn1cnc2sccc2c1=O)C(=O)O. The van der Waals surface area contributed by atoms with Gasteiger partial charge in [0.2, 0.25) is 5.91 Å². The molecule has 2 aromatic heterocycles. The fraction of sp³-hybridized carbons (Fsp3) is 0.385. The van der Waals surface area contributed by atoms with E-state index >= 15 is 0 Å². The smallest absolute Gasteiger partial charge is 0.326 e. The molecule has 0 aliphatic rings. The molecule has 0 aromatic carbocycles. The van der Waals surface area contributed by atoms with E-state index in [2.05, 4.69) is 10.3 Å². The topological polar surface area (TPSA) is 101 Å². The Labute approximate surface area is 124 Å². The summed E-state index contributed by atoms with van der Waals surface area (Å²) in [6.07, 6.45) is 2.29. The van der Waals surface area contributed by atoms with Crippen molar-refractivity contribution in [3.8, 4) is 0 Å². The Morgan fingerprint density at radius 2 is 2.29 bits per heavy atom. The number of rotatable bonds is 6. The van der Waals surface area contributed by atoms with Crippen LogP contribution < -0.4 is 10.9 Å². The molecule has 0 saturated heterocycles. The van der Waals surface area contributed by atoms with Crippen LogP contribution in [-0.4, -0.2) is 32.6 Å². The molecule has 1 unspecified atom stereocenters. The first-order chi connectivity index (χ1) is 10.0. The Morgan fingerprint density at radius 1 is 1.52 bits per heavy atom. The van der Waals surface area contributed by atoms with Gasteiger partial charge in [-0.3, -0.25) is 14.2 Å². The highest BCUT2D eigenvalue weighted by molar-refractivity contribution is 7.16. The molecule has 0 bridgehead atoms.